The minimum atomic E-state index is -5.27. The predicted molar refractivity (Wildman–Crippen MR) is 159 cm³/mol. The fourth-order valence-corrected chi connectivity index (χ4v) is 7.82. The molecule has 0 aliphatic carbocycles. The number of carboxylic acids is 1. The molecule has 3 aromatic heterocycles. The summed E-state index contributed by atoms with van der Waals surface area (Å²) in [5.74, 6) is -1.53. The summed E-state index contributed by atoms with van der Waals surface area (Å²) in [6, 6.07) is 10.0. The Hall–Kier alpha value is -4.37. The SMILES string of the molecule is Cc1c(-c2c3nc(c(C(=O)[O-])c4ccc(cc5nc(cc6ccc2[nH]6)C=C5)[nH]4)C=C3)c(C)c(S(=O)(=O)[O-])c(C)c1S(=O)(=O)[O-].[Fe+3]. The summed E-state index contributed by atoms with van der Waals surface area (Å²) >= 11 is 0. The number of hydrogen-bond acceptors (Lipinski definition) is 10. The molecule has 0 saturated carbocycles. The third-order valence-electron chi connectivity index (χ3n) is 7.46. The zero-order valence-corrected chi connectivity index (χ0v) is 26.3. The van der Waals surface area contributed by atoms with Gasteiger partial charge in [-0.1, -0.05) is 0 Å². The molecule has 12 nitrogen and oxygen atoms in total. The molecule has 1 aromatic carbocycles. The van der Waals surface area contributed by atoms with Crippen LogP contribution in [0.15, 0.2) is 46.2 Å². The van der Waals surface area contributed by atoms with Crippen LogP contribution in [0.25, 0.3) is 57.5 Å². The Balaban J connectivity index is 0.00000400. The van der Waals surface area contributed by atoms with Crippen LogP contribution < -0.4 is 5.11 Å². The fraction of sp³-hybridized carbons (Fsp3) is 0.100. The van der Waals surface area contributed by atoms with E-state index >= 15 is 0 Å². The molecular formula is C30H21FeN4O8S2. The van der Waals surface area contributed by atoms with Gasteiger partial charge in [-0.25, -0.2) is 26.8 Å². The summed E-state index contributed by atoms with van der Waals surface area (Å²) in [4.78, 5) is 26.0. The molecule has 2 aliphatic rings. The summed E-state index contributed by atoms with van der Waals surface area (Å²) in [7, 11) is -10.5. The van der Waals surface area contributed by atoms with E-state index in [-0.39, 0.29) is 61.8 Å². The van der Waals surface area contributed by atoms with E-state index in [4.69, 9.17) is 0 Å². The van der Waals surface area contributed by atoms with Crippen LogP contribution in [-0.2, 0) is 37.3 Å². The van der Waals surface area contributed by atoms with Gasteiger partial charge in [-0.05, 0) is 104 Å². The maximum atomic E-state index is 12.4. The Kier molecular flexibility index (Phi) is 7.98. The maximum absolute atomic E-state index is 12.4. The van der Waals surface area contributed by atoms with E-state index in [0.717, 1.165) is 6.92 Å². The van der Waals surface area contributed by atoms with Crippen LogP contribution >= 0.6 is 0 Å². The molecule has 6 rings (SSSR count). The first kappa shape index (κ1) is 32.0. The van der Waals surface area contributed by atoms with Crippen LogP contribution in [0.3, 0.4) is 0 Å². The minimum absolute atomic E-state index is 0. The zero-order valence-electron chi connectivity index (χ0n) is 23.6. The van der Waals surface area contributed by atoms with Crippen LogP contribution in [0.5, 0.6) is 0 Å². The normalized spacial score (nSPS) is 12.7. The van der Waals surface area contributed by atoms with Crippen LogP contribution in [0.2, 0.25) is 0 Å². The maximum Gasteiger partial charge on any atom is 3.00 e. The first-order chi connectivity index (χ1) is 20.6. The summed E-state index contributed by atoms with van der Waals surface area (Å²) in [5, 5.41) is 12.4. The van der Waals surface area contributed by atoms with Crippen LogP contribution in [0, 0.1) is 20.8 Å². The van der Waals surface area contributed by atoms with Crippen molar-refractivity contribution in [2.45, 2.75) is 30.6 Å². The van der Waals surface area contributed by atoms with Crippen LogP contribution in [0.1, 0.15) is 49.8 Å². The van der Waals surface area contributed by atoms with Crippen LogP contribution in [-0.4, -0.2) is 51.8 Å². The van der Waals surface area contributed by atoms with Crippen molar-refractivity contribution in [1.29, 1.82) is 0 Å². The quantitative estimate of drug-likeness (QED) is 0.204. The van der Waals surface area contributed by atoms with E-state index in [2.05, 4.69) is 19.9 Å². The molecule has 5 heterocycles. The molecular weight excluding hydrogens is 664 g/mol. The summed E-state index contributed by atoms with van der Waals surface area (Å²) < 4.78 is 74.7. The van der Waals surface area contributed by atoms with Gasteiger partial charge in [0.1, 0.15) is 20.2 Å². The van der Waals surface area contributed by atoms with Crippen LogP contribution in [0.4, 0.5) is 0 Å². The molecule has 2 aliphatic heterocycles. The Labute approximate surface area is 267 Å². The number of rotatable bonds is 4. The number of carbonyl (C=O) groups excluding carboxylic acids is 1. The summed E-state index contributed by atoms with van der Waals surface area (Å²) in [5.41, 5.74) is 2.02. The molecule has 2 N–H and O–H groups in total. The molecule has 45 heavy (non-hydrogen) atoms. The summed E-state index contributed by atoms with van der Waals surface area (Å²) in [6.07, 6.45) is 6.42. The van der Waals surface area contributed by atoms with Gasteiger partial charge in [0.15, 0.2) is 0 Å². The van der Waals surface area contributed by atoms with E-state index in [0.29, 0.717) is 27.9 Å². The number of aromatic amines is 2. The molecule has 0 atom stereocenters. The molecule has 0 spiro atoms. The number of aromatic nitrogens is 4. The van der Waals surface area contributed by atoms with Gasteiger partial charge in [0.25, 0.3) is 0 Å². The van der Waals surface area contributed by atoms with Crippen molar-refractivity contribution < 1.29 is 52.9 Å². The minimum Gasteiger partial charge on any atom is -0.744 e. The molecule has 1 radical (unpaired) electrons. The molecule has 4 aromatic rings. The molecule has 0 fully saturated rings. The zero-order chi connectivity index (χ0) is 31.7. The molecule has 229 valence electrons. The smallest absolute Gasteiger partial charge is 0.744 e. The fourth-order valence-electron chi connectivity index (χ4n) is 5.85. The Bertz CT molecular complexity index is 2350. The predicted octanol–water partition coefficient (Wildman–Crippen LogP) is 3.42. The van der Waals surface area contributed by atoms with Crippen molar-refractivity contribution in [2.24, 2.45) is 0 Å². The standard InChI is InChI=1S/C30H24N4O8S2.Fe/c1-14-25(15(2)29(44(40,41)42)16(3)28(14)43(37,38)39)26-21-8-6-19(32-21)12-17-4-5-18(31-17)13-20-7-9-23(33-20)27(30(35)36)24-11-10-22(26)34-24;/h4-13,32-33H,1-3H3,(H,35,36)(H,37,38,39)(H,40,41,42);/q;+3/p-3. The Morgan fingerprint density at radius 2 is 1.16 bits per heavy atom. The second-order valence-electron chi connectivity index (χ2n) is 10.3. The molecule has 0 unspecified atom stereocenters. The number of carbonyl (C=O) groups is 1. The largest absolute Gasteiger partial charge is 3.00 e. The number of fused-ring (bicyclic) bond motifs is 8. The average Bonchev–Trinajstić information content (AvgIpc) is 3.70. The number of nitrogens with zero attached hydrogens (tertiary/aromatic N) is 2. The van der Waals surface area contributed by atoms with Crippen molar-refractivity contribution in [1.82, 2.24) is 19.9 Å². The molecule has 0 amide bonds. The third-order valence-corrected chi connectivity index (χ3v) is 9.69. The van der Waals surface area contributed by atoms with Gasteiger partial charge in [-0.2, -0.15) is 0 Å². The van der Waals surface area contributed by atoms with Crippen molar-refractivity contribution in [3.8, 4) is 11.1 Å². The molecule has 0 saturated heterocycles. The Morgan fingerprint density at radius 1 is 0.667 bits per heavy atom. The van der Waals surface area contributed by atoms with Crippen molar-refractivity contribution in [3.05, 3.63) is 81.4 Å². The first-order valence-electron chi connectivity index (χ1n) is 13.0. The monoisotopic (exact) mass is 685 g/mol. The van der Waals surface area contributed by atoms with E-state index in [1.165, 1.54) is 26.0 Å². The van der Waals surface area contributed by atoms with Gasteiger partial charge in [0.2, 0.25) is 0 Å². The number of aromatic carboxylic acids is 1. The van der Waals surface area contributed by atoms with E-state index in [1.807, 2.05) is 0 Å². The summed E-state index contributed by atoms with van der Waals surface area (Å²) in [6.45, 7) is 3.75. The van der Waals surface area contributed by atoms with Crippen molar-refractivity contribution in [3.63, 3.8) is 0 Å². The average molecular weight is 685 g/mol. The van der Waals surface area contributed by atoms with Gasteiger partial charge >= 0.3 is 17.1 Å². The van der Waals surface area contributed by atoms with Gasteiger partial charge < -0.3 is 29.0 Å². The van der Waals surface area contributed by atoms with E-state index in [9.17, 15) is 35.8 Å². The number of H-pyrrole nitrogens is 2. The molecule has 8 bridgehead atoms. The van der Waals surface area contributed by atoms with Gasteiger partial charge in [-0.3, -0.25) is 0 Å². The number of nitrogens with one attached hydrogen (secondary N) is 2. The van der Waals surface area contributed by atoms with Gasteiger partial charge in [0.05, 0.1) is 38.5 Å². The van der Waals surface area contributed by atoms with Gasteiger partial charge in [-0.15, -0.1) is 0 Å². The van der Waals surface area contributed by atoms with E-state index < -0.39 is 41.6 Å². The third kappa shape index (κ3) is 5.65. The second kappa shape index (κ2) is 11.2. The van der Waals surface area contributed by atoms with E-state index in [1.54, 1.807) is 48.6 Å². The topological polar surface area (TPSA) is 212 Å². The first-order valence-corrected chi connectivity index (χ1v) is 15.8. The number of benzene rings is 1. The number of carboxylic acid groups (broad SMARTS) is 1. The van der Waals surface area contributed by atoms with Gasteiger partial charge in [0, 0.05) is 33.2 Å². The van der Waals surface area contributed by atoms with Crippen molar-refractivity contribution in [2.75, 3.05) is 0 Å². The second-order valence-corrected chi connectivity index (χ2v) is 12.9. The molecule has 15 heteroatoms. The van der Waals surface area contributed by atoms with Crippen molar-refractivity contribution >= 4 is 72.6 Å². The number of hydrogen-bond donors (Lipinski definition) is 2. The Morgan fingerprint density at radius 3 is 1.67 bits per heavy atom.